The van der Waals surface area contributed by atoms with E-state index in [4.69, 9.17) is 14.0 Å². The van der Waals surface area contributed by atoms with Gasteiger partial charge in [-0.25, -0.2) is 14.0 Å². The number of carbonyl (C=O) groups is 2. The standard InChI is InChI=1S/C27H39FN4O6/c1-16(2)23-30-25(38-31-23)32-12-9-18(10-13-32)17(3)11-14-36-19-7-8-20(21(28)15-19)22(24(33)34)29-26(35)37-27(4,5)6/h7-8,15-18,22H,9-14H2,1-6H3,(H,29,35)(H,33,34)/t17?,22-/m0/s1. The molecule has 1 aliphatic rings. The van der Waals surface area contributed by atoms with Crippen molar-refractivity contribution in [2.75, 3.05) is 24.6 Å². The molecule has 0 aliphatic carbocycles. The first kappa shape index (κ1) is 29.2. The SMILES string of the molecule is CC(C)c1noc(N2CCC(C(C)CCOc3ccc([C@H](NC(=O)OC(C)(C)C)C(=O)O)c(F)c3)CC2)n1. The molecule has 10 nitrogen and oxygen atoms in total. The lowest BCUT2D eigenvalue weighted by atomic mass is 9.84. The Balaban J connectivity index is 1.48. The van der Waals surface area contributed by atoms with Crippen molar-refractivity contribution < 1.29 is 33.1 Å². The predicted molar refractivity (Wildman–Crippen MR) is 139 cm³/mol. The summed E-state index contributed by atoms with van der Waals surface area (Å²) in [5.41, 5.74) is -0.999. The van der Waals surface area contributed by atoms with E-state index in [-0.39, 0.29) is 11.5 Å². The molecule has 0 saturated carbocycles. The van der Waals surface area contributed by atoms with Crippen molar-refractivity contribution in [3.05, 3.63) is 35.4 Å². The number of ether oxygens (including phenoxy) is 2. The molecule has 0 radical (unpaired) electrons. The zero-order valence-electron chi connectivity index (χ0n) is 23.0. The molecule has 1 fully saturated rings. The second kappa shape index (κ2) is 12.4. The number of carbonyl (C=O) groups excluding carboxylic acids is 1. The van der Waals surface area contributed by atoms with Gasteiger partial charge in [0.05, 0.1) is 6.61 Å². The molecule has 0 bridgehead atoms. The first-order valence-corrected chi connectivity index (χ1v) is 13.1. The van der Waals surface area contributed by atoms with Gasteiger partial charge in [-0.3, -0.25) is 0 Å². The van der Waals surface area contributed by atoms with Gasteiger partial charge in [0, 0.05) is 30.6 Å². The van der Waals surface area contributed by atoms with E-state index in [0.29, 0.717) is 30.2 Å². The number of nitrogens with one attached hydrogen (secondary N) is 1. The van der Waals surface area contributed by atoms with Crippen molar-refractivity contribution in [3.63, 3.8) is 0 Å². The third-order valence-corrected chi connectivity index (χ3v) is 6.60. The van der Waals surface area contributed by atoms with Crippen LogP contribution in [0.4, 0.5) is 15.2 Å². The Morgan fingerprint density at radius 3 is 2.47 bits per heavy atom. The van der Waals surface area contributed by atoms with Crippen molar-refractivity contribution in [3.8, 4) is 5.75 Å². The Morgan fingerprint density at radius 1 is 1.24 bits per heavy atom. The largest absolute Gasteiger partial charge is 0.493 e. The van der Waals surface area contributed by atoms with E-state index in [1.807, 2.05) is 13.8 Å². The highest BCUT2D eigenvalue weighted by atomic mass is 19.1. The van der Waals surface area contributed by atoms with Gasteiger partial charge < -0.3 is 29.3 Å². The molecule has 210 valence electrons. The van der Waals surface area contributed by atoms with E-state index in [1.165, 1.54) is 12.1 Å². The van der Waals surface area contributed by atoms with Crippen LogP contribution in [0.25, 0.3) is 0 Å². The Morgan fingerprint density at radius 2 is 1.92 bits per heavy atom. The summed E-state index contributed by atoms with van der Waals surface area (Å²) >= 11 is 0. The fourth-order valence-corrected chi connectivity index (χ4v) is 4.38. The quantitative estimate of drug-likeness (QED) is 0.417. The Labute approximate surface area is 222 Å². The molecule has 1 aromatic carbocycles. The van der Waals surface area contributed by atoms with Gasteiger partial charge in [0.15, 0.2) is 11.9 Å². The van der Waals surface area contributed by atoms with Gasteiger partial charge in [0.1, 0.15) is 17.2 Å². The number of hydrogen-bond donors (Lipinski definition) is 2. The van der Waals surface area contributed by atoms with Crippen LogP contribution < -0.4 is 15.0 Å². The number of aliphatic carboxylic acids is 1. The molecule has 1 unspecified atom stereocenters. The molecule has 1 saturated heterocycles. The summed E-state index contributed by atoms with van der Waals surface area (Å²) in [7, 11) is 0. The lowest BCUT2D eigenvalue weighted by molar-refractivity contribution is -0.139. The summed E-state index contributed by atoms with van der Waals surface area (Å²) in [6.07, 6.45) is 1.86. The number of benzene rings is 1. The zero-order chi connectivity index (χ0) is 28.0. The van der Waals surface area contributed by atoms with E-state index in [9.17, 15) is 19.1 Å². The molecule has 1 aromatic heterocycles. The summed E-state index contributed by atoms with van der Waals surface area (Å²) in [6, 6.07) is 2.95. The number of alkyl carbamates (subject to hydrolysis) is 1. The smallest absolute Gasteiger partial charge is 0.408 e. The minimum absolute atomic E-state index is 0.183. The maximum absolute atomic E-state index is 14.8. The molecule has 2 N–H and O–H groups in total. The highest BCUT2D eigenvalue weighted by Gasteiger charge is 2.29. The van der Waals surface area contributed by atoms with Crippen LogP contribution in [0, 0.1) is 17.7 Å². The summed E-state index contributed by atoms with van der Waals surface area (Å²) in [5.74, 6) is -0.0127. The van der Waals surface area contributed by atoms with Gasteiger partial charge in [0.25, 0.3) is 0 Å². The maximum Gasteiger partial charge on any atom is 0.408 e. The van der Waals surface area contributed by atoms with Crippen molar-refractivity contribution >= 4 is 18.1 Å². The van der Waals surface area contributed by atoms with Gasteiger partial charge in [-0.1, -0.05) is 25.9 Å². The zero-order valence-corrected chi connectivity index (χ0v) is 23.0. The molecule has 38 heavy (non-hydrogen) atoms. The minimum atomic E-state index is -1.59. The molecule has 2 atom stereocenters. The first-order chi connectivity index (χ1) is 17.8. The molecule has 3 rings (SSSR count). The predicted octanol–water partition coefficient (Wildman–Crippen LogP) is 5.30. The maximum atomic E-state index is 14.8. The van der Waals surface area contributed by atoms with Crippen molar-refractivity contribution in [2.24, 2.45) is 11.8 Å². The number of piperidine rings is 1. The highest BCUT2D eigenvalue weighted by Crippen LogP contribution is 2.30. The van der Waals surface area contributed by atoms with Crippen LogP contribution in [0.15, 0.2) is 22.7 Å². The average Bonchev–Trinajstić information content (AvgIpc) is 3.33. The van der Waals surface area contributed by atoms with Gasteiger partial charge >= 0.3 is 18.1 Å². The fraction of sp³-hybridized carbons (Fsp3) is 0.630. The first-order valence-electron chi connectivity index (χ1n) is 13.1. The topological polar surface area (TPSA) is 127 Å². The summed E-state index contributed by atoms with van der Waals surface area (Å²) in [5, 5.41) is 15.8. The molecule has 0 spiro atoms. The number of anilines is 1. The highest BCUT2D eigenvalue weighted by molar-refractivity contribution is 5.81. The van der Waals surface area contributed by atoms with E-state index in [1.54, 1.807) is 20.8 Å². The number of nitrogens with zero attached hydrogens (tertiary/aromatic N) is 3. The molecule has 2 heterocycles. The summed E-state index contributed by atoms with van der Waals surface area (Å²) in [4.78, 5) is 30.3. The molecular weight excluding hydrogens is 495 g/mol. The van der Waals surface area contributed by atoms with E-state index < -0.39 is 29.5 Å². The number of rotatable bonds is 10. The van der Waals surface area contributed by atoms with Crippen molar-refractivity contribution in [1.29, 1.82) is 0 Å². The van der Waals surface area contributed by atoms with Crippen LogP contribution in [-0.2, 0) is 9.53 Å². The molecule has 1 amide bonds. The molecule has 11 heteroatoms. The minimum Gasteiger partial charge on any atom is -0.493 e. The van der Waals surface area contributed by atoms with Crippen LogP contribution >= 0.6 is 0 Å². The molecule has 2 aromatic rings. The van der Waals surface area contributed by atoms with Crippen LogP contribution in [-0.4, -0.2) is 52.6 Å². The van der Waals surface area contributed by atoms with E-state index in [0.717, 1.165) is 44.2 Å². The van der Waals surface area contributed by atoms with E-state index >= 15 is 0 Å². The van der Waals surface area contributed by atoms with Gasteiger partial charge in [-0.15, -0.1) is 0 Å². The average molecular weight is 535 g/mol. The molecule has 1 aliphatic heterocycles. The Hall–Kier alpha value is -3.37. The van der Waals surface area contributed by atoms with Crippen LogP contribution in [0.3, 0.4) is 0 Å². The normalized spacial score (nSPS) is 16.3. The summed E-state index contributed by atoms with van der Waals surface area (Å²) in [6.45, 7) is 13.3. The third-order valence-electron chi connectivity index (χ3n) is 6.60. The lowest BCUT2D eigenvalue weighted by Crippen LogP contribution is -2.38. The Bertz CT molecular complexity index is 1090. The second-order valence-corrected chi connectivity index (χ2v) is 11.1. The Kier molecular flexibility index (Phi) is 9.56. The van der Waals surface area contributed by atoms with Gasteiger partial charge in [-0.2, -0.15) is 4.98 Å². The van der Waals surface area contributed by atoms with E-state index in [2.05, 4.69) is 27.3 Å². The number of aromatic nitrogens is 2. The summed E-state index contributed by atoms with van der Waals surface area (Å²) < 4.78 is 31.1. The number of carboxylic acid groups (broad SMARTS) is 1. The second-order valence-electron chi connectivity index (χ2n) is 11.1. The fourth-order valence-electron chi connectivity index (χ4n) is 4.38. The van der Waals surface area contributed by atoms with Crippen molar-refractivity contribution in [1.82, 2.24) is 15.5 Å². The van der Waals surface area contributed by atoms with Crippen LogP contribution in [0.2, 0.25) is 0 Å². The number of amides is 1. The number of hydrogen-bond acceptors (Lipinski definition) is 8. The number of halogens is 1. The van der Waals surface area contributed by atoms with Crippen LogP contribution in [0.1, 0.15) is 84.2 Å². The third kappa shape index (κ3) is 8.06. The van der Waals surface area contributed by atoms with Crippen molar-refractivity contribution in [2.45, 2.75) is 78.4 Å². The molecular formula is C27H39FN4O6. The lowest BCUT2D eigenvalue weighted by Gasteiger charge is -2.33. The van der Waals surface area contributed by atoms with Crippen LogP contribution in [0.5, 0.6) is 5.75 Å². The van der Waals surface area contributed by atoms with Gasteiger partial charge in [-0.05, 0) is 64.0 Å². The monoisotopic (exact) mass is 534 g/mol. The number of carboxylic acids is 1. The van der Waals surface area contributed by atoms with Gasteiger partial charge in [0.2, 0.25) is 0 Å².